The molecule has 3 heterocycles. The van der Waals surface area contributed by atoms with E-state index in [1.54, 1.807) is 16.2 Å². The van der Waals surface area contributed by atoms with Crippen LogP contribution in [0, 0.1) is 0 Å². The first-order valence-electron chi connectivity index (χ1n) is 9.18. The fraction of sp³-hybridized carbons (Fsp3) is 0.526. The second-order valence-electron chi connectivity index (χ2n) is 6.60. The van der Waals surface area contributed by atoms with Crippen LogP contribution in [0.3, 0.4) is 0 Å². The summed E-state index contributed by atoms with van der Waals surface area (Å²) in [4.78, 5) is 30.5. The molecule has 1 atom stereocenters. The molecule has 0 N–H and O–H groups in total. The van der Waals surface area contributed by atoms with Crippen LogP contribution in [0.1, 0.15) is 50.3 Å². The fourth-order valence-corrected chi connectivity index (χ4v) is 5.51. The predicted molar refractivity (Wildman–Crippen MR) is 113 cm³/mol. The molecule has 26 heavy (non-hydrogen) atoms. The van der Waals surface area contributed by atoms with Crippen molar-refractivity contribution in [2.75, 3.05) is 13.1 Å². The maximum atomic E-state index is 12.6. The molecule has 0 unspecified atom stereocenters. The van der Waals surface area contributed by atoms with E-state index in [0.717, 1.165) is 30.7 Å². The highest BCUT2D eigenvalue weighted by molar-refractivity contribution is 8.26. The van der Waals surface area contributed by atoms with Crippen LogP contribution in [-0.2, 0) is 9.59 Å². The SMILES string of the molecule is CC[C@H]1CCCCN1C(=O)CCCN1C(=O)/C(=C/c2cccs2)SC1=S. The van der Waals surface area contributed by atoms with Crippen molar-refractivity contribution in [3.63, 3.8) is 0 Å². The second-order valence-corrected chi connectivity index (χ2v) is 9.25. The minimum atomic E-state index is -0.0368. The van der Waals surface area contributed by atoms with Gasteiger partial charge in [0.2, 0.25) is 5.91 Å². The second kappa shape index (κ2) is 9.15. The molecule has 0 aromatic carbocycles. The van der Waals surface area contributed by atoms with Crippen LogP contribution in [0.5, 0.6) is 0 Å². The summed E-state index contributed by atoms with van der Waals surface area (Å²) in [6.45, 7) is 3.54. The minimum absolute atomic E-state index is 0.0368. The molecule has 4 nitrogen and oxygen atoms in total. The van der Waals surface area contributed by atoms with E-state index in [0.29, 0.717) is 34.7 Å². The Morgan fingerprint density at radius 2 is 2.27 bits per heavy atom. The van der Waals surface area contributed by atoms with E-state index < -0.39 is 0 Å². The maximum absolute atomic E-state index is 12.6. The third-order valence-electron chi connectivity index (χ3n) is 4.88. The van der Waals surface area contributed by atoms with Gasteiger partial charge in [-0.05, 0) is 49.6 Å². The highest BCUT2D eigenvalue weighted by atomic mass is 32.2. The van der Waals surface area contributed by atoms with Gasteiger partial charge in [-0.2, -0.15) is 0 Å². The van der Waals surface area contributed by atoms with Gasteiger partial charge in [0.25, 0.3) is 5.91 Å². The molecule has 0 radical (unpaired) electrons. The lowest BCUT2D eigenvalue weighted by Crippen LogP contribution is -2.43. The van der Waals surface area contributed by atoms with Gasteiger partial charge in [-0.3, -0.25) is 14.5 Å². The normalized spacial score (nSPS) is 22.5. The standard InChI is InChI=1S/C19H24N2O2S3/c1-2-14-7-3-4-10-20(14)17(22)9-5-11-21-18(23)16(26-19(21)24)13-15-8-6-12-25-15/h6,8,12-14H,2-5,7,9-11H2,1H3/b16-13-/t14-/m0/s1. The van der Waals surface area contributed by atoms with Gasteiger partial charge in [-0.1, -0.05) is 37.0 Å². The van der Waals surface area contributed by atoms with Crippen LogP contribution in [-0.4, -0.2) is 45.1 Å². The minimum Gasteiger partial charge on any atom is -0.340 e. The van der Waals surface area contributed by atoms with Gasteiger partial charge >= 0.3 is 0 Å². The van der Waals surface area contributed by atoms with E-state index in [4.69, 9.17) is 12.2 Å². The van der Waals surface area contributed by atoms with Crippen molar-refractivity contribution >= 4 is 57.5 Å². The van der Waals surface area contributed by atoms with Crippen molar-refractivity contribution in [1.29, 1.82) is 0 Å². The Kier molecular flexibility index (Phi) is 6.89. The quantitative estimate of drug-likeness (QED) is 0.513. The molecule has 2 amide bonds. The lowest BCUT2D eigenvalue weighted by atomic mass is 9.99. The number of nitrogens with zero attached hydrogens (tertiary/aromatic N) is 2. The molecule has 0 aliphatic carbocycles. The van der Waals surface area contributed by atoms with Gasteiger partial charge in [0.15, 0.2) is 0 Å². The van der Waals surface area contributed by atoms with E-state index in [1.807, 2.05) is 28.5 Å². The molecule has 2 aliphatic rings. The number of thioether (sulfide) groups is 1. The first-order chi connectivity index (χ1) is 12.6. The average molecular weight is 409 g/mol. The smallest absolute Gasteiger partial charge is 0.266 e. The zero-order valence-corrected chi connectivity index (χ0v) is 17.4. The Morgan fingerprint density at radius 3 is 3.00 bits per heavy atom. The lowest BCUT2D eigenvalue weighted by molar-refractivity contribution is -0.135. The Morgan fingerprint density at radius 1 is 1.42 bits per heavy atom. The summed E-state index contributed by atoms with van der Waals surface area (Å²) >= 11 is 8.32. The molecule has 140 valence electrons. The molecular weight excluding hydrogens is 384 g/mol. The largest absolute Gasteiger partial charge is 0.340 e. The number of amides is 2. The number of carbonyl (C=O) groups is 2. The van der Waals surface area contributed by atoms with E-state index in [1.165, 1.54) is 18.2 Å². The number of thiocarbonyl (C=S) groups is 1. The van der Waals surface area contributed by atoms with E-state index in [9.17, 15) is 9.59 Å². The summed E-state index contributed by atoms with van der Waals surface area (Å²) in [6.07, 6.45) is 7.50. The molecule has 0 bridgehead atoms. The van der Waals surface area contributed by atoms with Crippen LogP contribution in [0.25, 0.3) is 6.08 Å². The van der Waals surface area contributed by atoms with E-state index in [-0.39, 0.29) is 11.8 Å². The topological polar surface area (TPSA) is 40.6 Å². The number of hydrogen-bond acceptors (Lipinski definition) is 5. The van der Waals surface area contributed by atoms with Gasteiger partial charge in [0.05, 0.1) is 4.91 Å². The van der Waals surface area contributed by atoms with Gasteiger partial charge in [-0.15, -0.1) is 11.3 Å². The van der Waals surface area contributed by atoms with Crippen molar-refractivity contribution in [3.05, 3.63) is 27.3 Å². The summed E-state index contributed by atoms with van der Waals surface area (Å²) < 4.78 is 0.592. The molecule has 2 fully saturated rings. The van der Waals surface area contributed by atoms with E-state index >= 15 is 0 Å². The highest BCUT2D eigenvalue weighted by Crippen LogP contribution is 2.33. The zero-order chi connectivity index (χ0) is 18.5. The first-order valence-corrected chi connectivity index (χ1v) is 11.3. The molecule has 1 aromatic rings. The van der Waals surface area contributed by atoms with Crippen LogP contribution in [0.4, 0.5) is 0 Å². The summed E-state index contributed by atoms with van der Waals surface area (Å²) in [5, 5.41) is 1.99. The van der Waals surface area contributed by atoms with Crippen molar-refractivity contribution in [1.82, 2.24) is 9.80 Å². The van der Waals surface area contributed by atoms with Gasteiger partial charge in [0.1, 0.15) is 4.32 Å². The summed E-state index contributed by atoms with van der Waals surface area (Å²) in [7, 11) is 0. The maximum Gasteiger partial charge on any atom is 0.266 e. The fourth-order valence-electron chi connectivity index (χ4n) is 3.48. The number of likely N-dealkylation sites (tertiary alicyclic amines) is 1. The van der Waals surface area contributed by atoms with Crippen LogP contribution < -0.4 is 0 Å². The number of hydrogen-bond donors (Lipinski definition) is 0. The van der Waals surface area contributed by atoms with Crippen molar-refractivity contribution in [2.24, 2.45) is 0 Å². The Bertz CT molecular complexity index is 700. The summed E-state index contributed by atoms with van der Waals surface area (Å²) in [6, 6.07) is 4.34. The molecule has 3 rings (SSSR count). The van der Waals surface area contributed by atoms with Crippen molar-refractivity contribution in [2.45, 2.75) is 51.5 Å². The Labute approximate surface area is 168 Å². The summed E-state index contributed by atoms with van der Waals surface area (Å²) in [5.41, 5.74) is 0. The van der Waals surface area contributed by atoms with Crippen LogP contribution in [0.2, 0.25) is 0 Å². The highest BCUT2D eigenvalue weighted by Gasteiger charge is 2.32. The number of thiophene rings is 1. The lowest BCUT2D eigenvalue weighted by Gasteiger charge is -2.35. The van der Waals surface area contributed by atoms with Crippen LogP contribution in [0.15, 0.2) is 22.4 Å². The molecule has 2 aliphatic heterocycles. The average Bonchev–Trinajstić information content (AvgIpc) is 3.25. The number of piperidine rings is 1. The third kappa shape index (κ3) is 4.56. The van der Waals surface area contributed by atoms with Crippen LogP contribution >= 0.6 is 35.3 Å². The van der Waals surface area contributed by atoms with E-state index in [2.05, 4.69) is 6.92 Å². The predicted octanol–water partition coefficient (Wildman–Crippen LogP) is 4.52. The van der Waals surface area contributed by atoms with Gasteiger partial charge < -0.3 is 4.90 Å². The molecule has 2 saturated heterocycles. The summed E-state index contributed by atoms with van der Waals surface area (Å²) in [5.74, 6) is 0.182. The molecule has 1 aromatic heterocycles. The molecule has 0 saturated carbocycles. The number of carbonyl (C=O) groups excluding carboxylic acids is 2. The Balaban J connectivity index is 1.52. The number of rotatable bonds is 6. The molecule has 7 heteroatoms. The van der Waals surface area contributed by atoms with Crippen molar-refractivity contribution in [3.8, 4) is 0 Å². The monoisotopic (exact) mass is 408 g/mol. The third-order valence-corrected chi connectivity index (χ3v) is 7.08. The zero-order valence-electron chi connectivity index (χ0n) is 15.0. The molecular formula is C19H24N2O2S3. The van der Waals surface area contributed by atoms with Gasteiger partial charge in [0, 0.05) is 30.4 Å². The van der Waals surface area contributed by atoms with Crippen molar-refractivity contribution < 1.29 is 9.59 Å². The first kappa shape index (κ1) is 19.6. The van der Waals surface area contributed by atoms with Gasteiger partial charge in [-0.25, -0.2) is 0 Å². The Hall–Kier alpha value is -1.18. The molecule has 0 spiro atoms.